The molecule has 0 saturated heterocycles. The van der Waals surface area contributed by atoms with Crippen LogP contribution in [-0.2, 0) is 15.8 Å². The lowest BCUT2D eigenvalue weighted by Crippen LogP contribution is -2.43. The Morgan fingerprint density at radius 1 is 1.12 bits per heavy atom. The number of nitrogens with zero attached hydrogens (tertiary/aromatic N) is 3. The fourth-order valence-electron chi connectivity index (χ4n) is 3.34. The number of hydrogen-bond donors (Lipinski definition) is 1. The molecule has 0 aliphatic carbocycles. The zero-order chi connectivity index (χ0) is 23.8. The molecule has 1 N–H and O–H groups in total. The molecule has 2 heterocycles. The third-order valence-electron chi connectivity index (χ3n) is 4.88. The molecule has 0 unspecified atom stereocenters. The highest BCUT2D eigenvalue weighted by Crippen LogP contribution is 2.36. The van der Waals surface area contributed by atoms with Crippen LogP contribution in [0.4, 0.5) is 30.2 Å². The zero-order valence-electron chi connectivity index (χ0n) is 16.7. The van der Waals surface area contributed by atoms with Crippen LogP contribution in [0.2, 0.25) is 0 Å². The summed E-state index contributed by atoms with van der Waals surface area (Å²) in [5.74, 6) is -1.26. The quantitative estimate of drug-likeness (QED) is 0.461. The fourth-order valence-corrected chi connectivity index (χ4v) is 3.34. The predicted octanol–water partition coefficient (Wildman–Crippen LogP) is 3.77. The molecule has 0 atom stereocenters. The van der Waals surface area contributed by atoms with Crippen molar-refractivity contribution in [2.45, 2.75) is 6.18 Å². The first kappa shape index (κ1) is 21.9. The number of amides is 2. The predicted molar refractivity (Wildman–Crippen MR) is 110 cm³/mol. The van der Waals surface area contributed by atoms with Crippen molar-refractivity contribution in [3.8, 4) is 11.4 Å². The summed E-state index contributed by atoms with van der Waals surface area (Å²) in [6, 6.07) is 9.84. The van der Waals surface area contributed by atoms with Gasteiger partial charge in [-0.25, -0.2) is 0 Å². The standard InChI is InChI=1S/C21H15F3N4O5/c22-21(23,24)13-3-5-16(26-7-1-2-8-26)15(9-13)25-19(29)11-27-17-10-14(28(31)32)4-6-18(17)33-12-20(27)30/h1-10H,11-12H2,(H,25,29). The van der Waals surface area contributed by atoms with E-state index in [2.05, 4.69) is 5.32 Å². The molecule has 0 fully saturated rings. The molecule has 4 rings (SSSR count). The second-order valence-corrected chi connectivity index (χ2v) is 7.05. The van der Waals surface area contributed by atoms with E-state index in [9.17, 15) is 32.9 Å². The summed E-state index contributed by atoms with van der Waals surface area (Å²) in [6.07, 6.45) is -1.44. The molecule has 12 heteroatoms. The lowest BCUT2D eigenvalue weighted by molar-refractivity contribution is -0.384. The van der Waals surface area contributed by atoms with Gasteiger partial charge in [0.15, 0.2) is 6.61 Å². The highest BCUT2D eigenvalue weighted by Gasteiger charge is 2.32. The first-order valence-electron chi connectivity index (χ1n) is 9.49. The Labute approximate surface area is 184 Å². The Bertz CT molecular complexity index is 1240. The van der Waals surface area contributed by atoms with E-state index in [0.717, 1.165) is 23.1 Å². The number of nitro groups is 1. The van der Waals surface area contributed by atoms with Crippen molar-refractivity contribution >= 4 is 28.9 Å². The number of halogens is 3. The number of anilines is 2. The summed E-state index contributed by atoms with van der Waals surface area (Å²) in [7, 11) is 0. The topological polar surface area (TPSA) is 107 Å². The van der Waals surface area contributed by atoms with Gasteiger partial charge in [0, 0.05) is 24.5 Å². The number of aromatic nitrogens is 1. The molecular formula is C21H15F3N4O5. The lowest BCUT2D eigenvalue weighted by Gasteiger charge is -2.28. The van der Waals surface area contributed by atoms with E-state index in [1.807, 2.05) is 0 Å². The van der Waals surface area contributed by atoms with Crippen molar-refractivity contribution in [1.29, 1.82) is 0 Å². The van der Waals surface area contributed by atoms with Gasteiger partial charge in [0.1, 0.15) is 12.3 Å². The van der Waals surface area contributed by atoms with Gasteiger partial charge in [-0.1, -0.05) is 0 Å². The number of ether oxygens (including phenoxy) is 1. The van der Waals surface area contributed by atoms with E-state index in [0.29, 0.717) is 0 Å². The zero-order valence-corrected chi connectivity index (χ0v) is 16.7. The van der Waals surface area contributed by atoms with Crippen LogP contribution in [0.1, 0.15) is 5.56 Å². The van der Waals surface area contributed by atoms with Crippen LogP contribution in [0.15, 0.2) is 60.9 Å². The van der Waals surface area contributed by atoms with Gasteiger partial charge in [0.25, 0.3) is 11.6 Å². The normalized spacial score (nSPS) is 13.3. The number of carbonyl (C=O) groups is 2. The minimum absolute atomic E-state index is 0.0188. The minimum atomic E-state index is -4.63. The molecule has 0 bridgehead atoms. The summed E-state index contributed by atoms with van der Waals surface area (Å²) in [5.41, 5.74) is -1.09. The van der Waals surface area contributed by atoms with E-state index in [1.54, 1.807) is 24.5 Å². The molecule has 1 aliphatic rings. The Hall–Kier alpha value is -4.35. The smallest absolute Gasteiger partial charge is 0.416 e. The summed E-state index contributed by atoms with van der Waals surface area (Å²) in [5, 5.41) is 13.5. The molecule has 0 saturated carbocycles. The largest absolute Gasteiger partial charge is 0.482 e. The minimum Gasteiger partial charge on any atom is -0.482 e. The summed E-state index contributed by atoms with van der Waals surface area (Å²) in [6.45, 7) is -0.978. The molecular weight excluding hydrogens is 445 g/mol. The Morgan fingerprint density at radius 2 is 1.85 bits per heavy atom. The van der Waals surface area contributed by atoms with Crippen LogP contribution in [-0.4, -0.2) is 34.5 Å². The maximum Gasteiger partial charge on any atom is 0.416 e. The van der Waals surface area contributed by atoms with E-state index in [-0.39, 0.29) is 28.5 Å². The first-order valence-corrected chi connectivity index (χ1v) is 9.49. The van der Waals surface area contributed by atoms with E-state index < -0.39 is 41.6 Å². The van der Waals surface area contributed by atoms with Crippen LogP contribution < -0.4 is 15.0 Å². The number of hydrogen-bond acceptors (Lipinski definition) is 5. The van der Waals surface area contributed by atoms with E-state index in [1.165, 1.54) is 22.8 Å². The Balaban J connectivity index is 1.64. The third-order valence-corrected chi connectivity index (χ3v) is 4.88. The van der Waals surface area contributed by atoms with Crippen LogP contribution in [0, 0.1) is 10.1 Å². The van der Waals surface area contributed by atoms with Gasteiger partial charge < -0.3 is 14.6 Å². The van der Waals surface area contributed by atoms with Crippen LogP contribution >= 0.6 is 0 Å². The van der Waals surface area contributed by atoms with Crippen molar-refractivity contribution in [3.63, 3.8) is 0 Å². The molecule has 1 aliphatic heterocycles. The van der Waals surface area contributed by atoms with Gasteiger partial charge in [-0.2, -0.15) is 13.2 Å². The van der Waals surface area contributed by atoms with Crippen molar-refractivity contribution < 1.29 is 32.4 Å². The van der Waals surface area contributed by atoms with Gasteiger partial charge in [-0.3, -0.25) is 24.6 Å². The number of benzene rings is 2. The molecule has 0 radical (unpaired) electrons. The average molecular weight is 460 g/mol. The fraction of sp³-hybridized carbons (Fsp3) is 0.143. The van der Waals surface area contributed by atoms with Gasteiger partial charge in [0.05, 0.1) is 27.5 Å². The number of nitro benzene ring substituents is 1. The molecule has 1 aromatic heterocycles. The van der Waals surface area contributed by atoms with Crippen molar-refractivity contribution in [2.75, 3.05) is 23.4 Å². The number of fused-ring (bicyclic) bond motifs is 1. The highest BCUT2D eigenvalue weighted by molar-refractivity contribution is 6.05. The van der Waals surface area contributed by atoms with Crippen LogP contribution in [0.3, 0.4) is 0 Å². The highest BCUT2D eigenvalue weighted by atomic mass is 19.4. The van der Waals surface area contributed by atoms with Gasteiger partial charge in [-0.05, 0) is 36.4 Å². The van der Waals surface area contributed by atoms with Gasteiger partial charge >= 0.3 is 6.18 Å². The number of rotatable bonds is 5. The first-order chi connectivity index (χ1) is 15.6. The molecule has 9 nitrogen and oxygen atoms in total. The Morgan fingerprint density at radius 3 is 2.52 bits per heavy atom. The van der Waals surface area contributed by atoms with Gasteiger partial charge in [-0.15, -0.1) is 0 Å². The molecule has 33 heavy (non-hydrogen) atoms. The van der Waals surface area contributed by atoms with Crippen molar-refractivity contribution in [3.05, 3.63) is 76.6 Å². The van der Waals surface area contributed by atoms with Crippen molar-refractivity contribution in [2.24, 2.45) is 0 Å². The molecule has 0 spiro atoms. The summed E-state index contributed by atoms with van der Waals surface area (Å²) < 4.78 is 46.5. The molecule has 3 aromatic rings. The number of non-ortho nitro benzene ring substituents is 1. The lowest BCUT2D eigenvalue weighted by atomic mass is 10.1. The molecule has 2 amide bonds. The van der Waals surface area contributed by atoms with E-state index in [4.69, 9.17) is 4.74 Å². The number of nitrogens with one attached hydrogen (secondary N) is 1. The van der Waals surface area contributed by atoms with E-state index >= 15 is 0 Å². The van der Waals surface area contributed by atoms with Crippen LogP contribution in [0.5, 0.6) is 5.75 Å². The van der Waals surface area contributed by atoms with Crippen LogP contribution in [0.25, 0.3) is 5.69 Å². The molecule has 170 valence electrons. The second kappa shape index (κ2) is 8.30. The maximum absolute atomic E-state index is 13.2. The maximum atomic E-state index is 13.2. The number of carbonyl (C=O) groups excluding carboxylic acids is 2. The van der Waals surface area contributed by atoms with Gasteiger partial charge in [0.2, 0.25) is 5.91 Å². The third kappa shape index (κ3) is 4.49. The number of alkyl halides is 3. The Kier molecular flexibility index (Phi) is 5.50. The second-order valence-electron chi connectivity index (χ2n) is 7.05. The monoisotopic (exact) mass is 460 g/mol. The summed E-state index contributed by atoms with van der Waals surface area (Å²) >= 11 is 0. The van der Waals surface area contributed by atoms with Crippen molar-refractivity contribution in [1.82, 2.24) is 4.57 Å². The molecule has 2 aromatic carbocycles. The summed E-state index contributed by atoms with van der Waals surface area (Å²) in [4.78, 5) is 36.5. The average Bonchev–Trinajstić information content (AvgIpc) is 3.29. The SMILES string of the molecule is O=C(CN1C(=O)COc2ccc([N+](=O)[O-])cc21)Nc1cc(C(F)(F)F)ccc1-n1cccc1.